The molecule has 2 amide bonds. The molecule has 1 saturated heterocycles. The fourth-order valence-corrected chi connectivity index (χ4v) is 4.92. The van der Waals surface area contributed by atoms with Crippen molar-refractivity contribution in [2.45, 2.75) is 6.18 Å². The number of primary amides is 1. The number of carbonyl (C=O) groups excluding carboxylic acids is 2. The summed E-state index contributed by atoms with van der Waals surface area (Å²) in [5, 5.41) is 0.287. The third kappa shape index (κ3) is 5.88. The Morgan fingerprint density at radius 1 is 0.970 bits per heavy atom. The predicted molar refractivity (Wildman–Crippen MR) is 117 cm³/mol. The fraction of sp³-hybridized carbons (Fsp3) is 0.263. The SMILES string of the molecule is NC(=O)c1ccc(C(F)(F)F)cc1N1CCN(S(=O)(=O)NC(=O)c2cc(Cl)cc(Cl)c2)CC1. The summed E-state index contributed by atoms with van der Waals surface area (Å²) < 4.78 is 67.5. The van der Waals surface area contributed by atoms with Crippen LogP contribution in [0.2, 0.25) is 10.0 Å². The number of halogens is 5. The Morgan fingerprint density at radius 3 is 2.06 bits per heavy atom. The molecule has 8 nitrogen and oxygen atoms in total. The number of carbonyl (C=O) groups is 2. The summed E-state index contributed by atoms with van der Waals surface area (Å²) in [7, 11) is -4.27. The van der Waals surface area contributed by atoms with Gasteiger partial charge in [-0.3, -0.25) is 9.59 Å². The van der Waals surface area contributed by atoms with Crippen molar-refractivity contribution in [3.63, 3.8) is 0 Å². The van der Waals surface area contributed by atoms with Crippen molar-refractivity contribution in [3.8, 4) is 0 Å². The number of nitrogens with one attached hydrogen (secondary N) is 1. The van der Waals surface area contributed by atoms with E-state index in [1.54, 1.807) is 0 Å². The van der Waals surface area contributed by atoms with E-state index < -0.39 is 33.8 Å². The van der Waals surface area contributed by atoms with Crippen LogP contribution in [0.25, 0.3) is 0 Å². The molecule has 2 aromatic carbocycles. The van der Waals surface area contributed by atoms with E-state index in [1.165, 1.54) is 23.1 Å². The van der Waals surface area contributed by atoms with Gasteiger partial charge in [0.25, 0.3) is 11.8 Å². The molecule has 0 aliphatic carbocycles. The third-order valence-electron chi connectivity index (χ3n) is 4.86. The van der Waals surface area contributed by atoms with Crippen molar-refractivity contribution in [1.29, 1.82) is 0 Å². The summed E-state index contributed by atoms with van der Waals surface area (Å²) in [5.41, 5.74) is 4.09. The Morgan fingerprint density at radius 2 is 1.55 bits per heavy atom. The van der Waals surface area contributed by atoms with Gasteiger partial charge in [-0.25, -0.2) is 4.72 Å². The smallest absolute Gasteiger partial charge is 0.368 e. The number of benzene rings is 2. The predicted octanol–water partition coefficient (Wildman–Crippen LogP) is 2.91. The highest BCUT2D eigenvalue weighted by Crippen LogP contribution is 2.34. The van der Waals surface area contributed by atoms with Crippen LogP contribution in [0.1, 0.15) is 26.3 Å². The van der Waals surface area contributed by atoms with E-state index in [0.717, 1.165) is 22.5 Å². The number of hydrogen-bond donors (Lipinski definition) is 2. The van der Waals surface area contributed by atoms with Gasteiger partial charge in [0.1, 0.15) is 0 Å². The number of nitrogens with zero attached hydrogens (tertiary/aromatic N) is 2. The molecule has 3 rings (SSSR count). The fourth-order valence-electron chi connectivity index (χ4n) is 3.27. The molecule has 0 unspecified atom stereocenters. The van der Waals surface area contributed by atoms with Crippen LogP contribution in [-0.2, 0) is 16.4 Å². The molecule has 1 heterocycles. The van der Waals surface area contributed by atoms with Gasteiger partial charge in [0, 0.05) is 41.8 Å². The first kappa shape index (κ1) is 25.1. The van der Waals surface area contributed by atoms with Crippen LogP contribution in [0.3, 0.4) is 0 Å². The molecule has 178 valence electrons. The van der Waals surface area contributed by atoms with E-state index in [2.05, 4.69) is 0 Å². The maximum Gasteiger partial charge on any atom is 0.416 e. The van der Waals surface area contributed by atoms with E-state index >= 15 is 0 Å². The maximum atomic E-state index is 13.1. The van der Waals surface area contributed by atoms with Gasteiger partial charge in [-0.1, -0.05) is 23.2 Å². The molecule has 0 aromatic heterocycles. The summed E-state index contributed by atoms with van der Waals surface area (Å²) in [6.07, 6.45) is -4.64. The first-order valence-electron chi connectivity index (χ1n) is 9.32. The van der Waals surface area contributed by atoms with Gasteiger partial charge >= 0.3 is 16.4 Å². The highest BCUT2D eigenvalue weighted by Gasteiger charge is 2.34. The van der Waals surface area contributed by atoms with E-state index in [9.17, 15) is 31.2 Å². The van der Waals surface area contributed by atoms with Gasteiger partial charge in [-0.15, -0.1) is 0 Å². The number of rotatable bonds is 5. The van der Waals surface area contributed by atoms with E-state index in [4.69, 9.17) is 28.9 Å². The second-order valence-electron chi connectivity index (χ2n) is 7.07. The van der Waals surface area contributed by atoms with Crippen LogP contribution >= 0.6 is 23.2 Å². The Bertz CT molecular complexity index is 1180. The average molecular weight is 525 g/mol. The molecule has 0 atom stereocenters. The highest BCUT2D eigenvalue weighted by atomic mass is 35.5. The Kier molecular flexibility index (Phi) is 7.13. The molecular formula is C19H17Cl2F3N4O4S. The number of nitrogens with two attached hydrogens (primary N) is 1. The minimum atomic E-state index is -4.64. The zero-order valence-electron chi connectivity index (χ0n) is 16.7. The lowest BCUT2D eigenvalue weighted by Crippen LogP contribution is -2.53. The molecule has 1 fully saturated rings. The Hall–Kier alpha value is -2.54. The summed E-state index contributed by atoms with van der Waals surface area (Å²) in [6.45, 7) is -0.403. The largest absolute Gasteiger partial charge is 0.416 e. The van der Waals surface area contributed by atoms with Gasteiger partial charge in [0.2, 0.25) is 0 Å². The summed E-state index contributed by atoms with van der Waals surface area (Å²) in [4.78, 5) is 25.5. The van der Waals surface area contributed by atoms with Crippen LogP contribution in [0, 0.1) is 0 Å². The Labute approximate surface area is 197 Å². The molecular weight excluding hydrogens is 508 g/mol. The van der Waals surface area contributed by atoms with Crippen molar-refractivity contribution in [2.75, 3.05) is 31.1 Å². The van der Waals surface area contributed by atoms with Crippen molar-refractivity contribution < 1.29 is 31.2 Å². The Balaban J connectivity index is 1.75. The third-order valence-corrected chi connectivity index (χ3v) is 6.78. The molecule has 0 spiro atoms. The van der Waals surface area contributed by atoms with E-state index in [0.29, 0.717) is 0 Å². The molecule has 0 bridgehead atoms. The van der Waals surface area contributed by atoms with Crippen molar-refractivity contribution in [2.24, 2.45) is 5.73 Å². The molecule has 2 aromatic rings. The van der Waals surface area contributed by atoms with Crippen LogP contribution < -0.4 is 15.4 Å². The second kappa shape index (κ2) is 9.37. The topological polar surface area (TPSA) is 113 Å². The first-order valence-corrected chi connectivity index (χ1v) is 11.5. The summed E-state index contributed by atoms with van der Waals surface area (Å²) >= 11 is 11.7. The number of piperazine rings is 1. The average Bonchev–Trinajstić information content (AvgIpc) is 2.71. The van der Waals surface area contributed by atoms with Crippen LogP contribution in [0.5, 0.6) is 0 Å². The zero-order chi connectivity index (χ0) is 24.6. The lowest BCUT2D eigenvalue weighted by molar-refractivity contribution is -0.137. The monoisotopic (exact) mass is 524 g/mol. The van der Waals surface area contributed by atoms with Gasteiger partial charge in [0.05, 0.1) is 16.8 Å². The second-order valence-corrected chi connectivity index (χ2v) is 9.62. The van der Waals surface area contributed by atoms with E-state index in [1.807, 2.05) is 4.72 Å². The maximum absolute atomic E-state index is 13.1. The van der Waals surface area contributed by atoms with Gasteiger partial charge < -0.3 is 10.6 Å². The summed E-state index contributed by atoms with van der Waals surface area (Å²) in [5.74, 6) is -1.86. The van der Waals surface area contributed by atoms with Crippen LogP contribution in [0.15, 0.2) is 36.4 Å². The van der Waals surface area contributed by atoms with Crippen LogP contribution in [-0.4, -0.2) is 50.7 Å². The quantitative estimate of drug-likeness (QED) is 0.624. The number of hydrogen-bond acceptors (Lipinski definition) is 5. The van der Waals surface area contributed by atoms with Crippen molar-refractivity contribution in [1.82, 2.24) is 9.03 Å². The number of alkyl halides is 3. The van der Waals surface area contributed by atoms with Crippen molar-refractivity contribution >= 4 is 50.9 Å². The number of amides is 2. The lowest BCUT2D eigenvalue weighted by Gasteiger charge is -2.36. The molecule has 33 heavy (non-hydrogen) atoms. The van der Waals surface area contributed by atoms with Gasteiger partial charge in [-0.2, -0.15) is 25.9 Å². The van der Waals surface area contributed by atoms with Crippen LogP contribution in [0.4, 0.5) is 18.9 Å². The standard InChI is InChI=1S/C19H17Cl2F3N4O4S/c20-13-7-11(8-14(21)10-13)18(30)26-33(31,32)28-5-3-27(4-6-28)16-9-12(19(22,23)24)1-2-15(16)17(25)29/h1-2,7-10H,3-6H2,(H2,25,29)(H,26,30). The highest BCUT2D eigenvalue weighted by molar-refractivity contribution is 7.87. The minimum Gasteiger partial charge on any atom is -0.368 e. The normalized spacial score (nSPS) is 15.4. The number of anilines is 1. The minimum absolute atomic E-state index is 0.0420. The molecule has 1 aliphatic rings. The molecule has 0 radical (unpaired) electrons. The van der Waals surface area contributed by atoms with Gasteiger partial charge in [-0.05, 0) is 36.4 Å². The zero-order valence-corrected chi connectivity index (χ0v) is 19.0. The molecule has 1 aliphatic heterocycles. The molecule has 0 saturated carbocycles. The van der Waals surface area contributed by atoms with Crippen molar-refractivity contribution in [3.05, 3.63) is 63.1 Å². The van der Waals surface area contributed by atoms with E-state index in [-0.39, 0.29) is 53.0 Å². The lowest BCUT2D eigenvalue weighted by atomic mass is 10.1. The van der Waals surface area contributed by atoms with Gasteiger partial charge in [0.15, 0.2) is 0 Å². The molecule has 14 heteroatoms. The summed E-state index contributed by atoms with van der Waals surface area (Å²) in [6, 6.07) is 6.41. The molecule has 3 N–H and O–H groups in total. The first-order chi connectivity index (χ1) is 15.3.